The van der Waals surface area contributed by atoms with Crippen LogP contribution in [0.3, 0.4) is 0 Å². The van der Waals surface area contributed by atoms with Gasteiger partial charge in [-0.2, -0.15) is 0 Å². The van der Waals surface area contributed by atoms with E-state index >= 15 is 0 Å². The van der Waals surface area contributed by atoms with Gasteiger partial charge in [0.05, 0.1) is 0 Å². The number of rotatable bonds is 3. The molecule has 0 amide bonds. The molecule has 1 aromatic carbocycles. The Labute approximate surface area is 112 Å². The highest BCUT2D eigenvalue weighted by molar-refractivity contribution is 5.87. The van der Waals surface area contributed by atoms with Gasteiger partial charge in [0.25, 0.3) is 0 Å². The number of hydrogen-bond donors (Lipinski definition) is 0. The molecule has 1 atom stereocenters. The lowest BCUT2D eigenvalue weighted by molar-refractivity contribution is -0.118. The molecule has 0 radical (unpaired) electrons. The molecule has 3 rings (SSSR count). The first-order chi connectivity index (χ1) is 9.27. The maximum absolute atomic E-state index is 12.1. The van der Waals surface area contributed by atoms with Crippen LogP contribution in [-0.2, 0) is 11.2 Å². The number of benzene rings is 1. The number of pyridine rings is 1. The maximum atomic E-state index is 12.1. The Morgan fingerprint density at radius 2 is 2.11 bits per heavy atom. The van der Waals surface area contributed by atoms with Gasteiger partial charge < -0.3 is 4.90 Å². The van der Waals surface area contributed by atoms with Crippen LogP contribution in [0.1, 0.15) is 24.1 Å². The van der Waals surface area contributed by atoms with Crippen LogP contribution in [0.15, 0.2) is 48.8 Å². The Balaban J connectivity index is 2.02. The smallest absolute Gasteiger partial charge is 0.156 e. The third kappa shape index (κ3) is 2.12. The summed E-state index contributed by atoms with van der Waals surface area (Å²) in [5.41, 5.74) is 3.45. The summed E-state index contributed by atoms with van der Waals surface area (Å²) in [6.07, 6.45) is 4.52. The van der Waals surface area contributed by atoms with Gasteiger partial charge in [-0.1, -0.05) is 24.3 Å². The molecule has 1 unspecified atom stereocenters. The van der Waals surface area contributed by atoms with Gasteiger partial charge in [-0.05, 0) is 31.0 Å². The number of carbonyl (C=O) groups excluding carboxylic acids is 1. The van der Waals surface area contributed by atoms with Crippen molar-refractivity contribution in [1.29, 1.82) is 0 Å². The van der Waals surface area contributed by atoms with E-state index in [0.29, 0.717) is 0 Å². The fourth-order valence-corrected chi connectivity index (χ4v) is 2.80. The maximum Gasteiger partial charge on any atom is 0.156 e. The Bertz CT molecular complexity index is 595. The fourth-order valence-electron chi connectivity index (χ4n) is 2.80. The van der Waals surface area contributed by atoms with Gasteiger partial charge in [-0.15, -0.1) is 0 Å². The summed E-state index contributed by atoms with van der Waals surface area (Å²) in [6, 6.07) is 11.9. The number of hydrogen-bond acceptors (Lipinski definition) is 3. The molecule has 3 nitrogen and oxygen atoms in total. The third-order valence-electron chi connectivity index (χ3n) is 3.62. The summed E-state index contributed by atoms with van der Waals surface area (Å²) in [6.45, 7) is 2.54. The first kappa shape index (κ1) is 11.9. The van der Waals surface area contributed by atoms with Crippen molar-refractivity contribution >= 4 is 11.5 Å². The average Bonchev–Trinajstić information content (AvgIpc) is 2.84. The quantitative estimate of drug-likeness (QED) is 0.842. The summed E-state index contributed by atoms with van der Waals surface area (Å²) in [5, 5.41) is 0. The molecule has 2 aromatic rings. The van der Waals surface area contributed by atoms with Crippen molar-refractivity contribution in [3.05, 3.63) is 59.9 Å². The summed E-state index contributed by atoms with van der Waals surface area (Å²) in [4.78, 5) is 18.4. The SMILES string of the molecule is CC(=O)C(c1cccnc1)N1CCc2ccccc21. The summed E-state index contributed by atoms with van der Waals surface area (Å²) < 4.78 is 0. The predicted molar refractivity (Wildman–Crippen MR) is 75.2 cm³/mol. The van der Waals surface area contributed by atoms with E-state index in [9.17, 15) is 4.79 Å². The van der Waals surface area contributed by atoms with Crippen molar-refractivity contribution < 1.29 is 4.79 Å². The second-order valence-corrected chi connectivity index (χ2v) is 4.87. The molecular formula is C16H16N2O. The molecule has 0 aliphatic carbocycles. The monoisotopic (exact) mass is 252 g/mol. The van der Waals surface area contributed by atoms with Gasteiger partial charge in [-0.3, -0.25) is 9.78 Å². The van der Waals surface area contributed by atoms with Crippen LogP contribution in [0.5, 0.6) is 0 Å². The zero-order chi connectivity index (χ0) is 13.2. The van der Waals surface area contributed by atoms with Gasteiger partial charge in [0.2, 0.25) is 0 Å². The van der Waals surface area contributed by atoms with Gasteiger partial charge in [0, 0.05) is 30.2 Å². The molecule has 2 heterocycles. The topological polar surface area (TPSA) is 33.2 Å². The van der Waals surface area contributed by atoms with Gasteiger partial charge in [0.15, 0.2) is 5.78 Å². The predicted octanol–water partition coefficient (Wildman–Crippen LogP) is 2.77. The van der Waals surface area contributed by atoms with E-state index in [0.717, 1.165) is 18.5 Å². The lowest BCUT2D eigenvalue weighted by Crippen LogP contribution is -2.31. The number of fused-ring (bicyclic) bond motifs is 1. The molecule has 19 heavy (non-hydrogen) atoms. The lowest BCUT2D eigenvalue weighted by atomic mass is 10.0. The Morgan fingerprint density at radius 1 is 1.26 bits per heavy atom. The number of carbonyl (C=O) groups is 1. The zero-order valence-corrected chi connectivity index (χ0v) is 10.9. The lowest BCUT2D eigenvalue weighted by Gasteiger charge is -2.28. The van der Waals surface area contributed by atoms with Crippen LogP contribution in [0.25, 0.3) is 0 Å². The van der Waals surface area contributed by atoms with E-state index in [-0.39, 0.29) is 11.8 Å². The number of aromatic nitrogens is 1. The van der Waals surface area contributed by atoms with Crippen LogP contribution in [0.2, 0.25) is 0 Å². The highest BCUT2D eigenvalue weighted by atomic mass is 16.1. The second kappa shape index (κ2) is 4.84. The first-order valence-corrected chi connectivity index (χ1v) is 6.52. The minimum atomic E-state index is -0.225. The Kier molecular flexibility index (Phi) is 3.03. The number of Topliss-reactive ketones (excluding diaryl/α,β-unsaturated/α-hetero) is 1. The molecule has 96 valence electrons. The molecule has 1 aromatic heterocycles. The van der Waals surface area contributed by atoms with Gasteiger partial charge in [-0.25, -0.2) is 0 Å². The number of para-hydroxylation sites is 1. The van der Waals surface area contributed by atoms with Crippen molar-refractivity contribution in [2.45, 2.75) is 19.4 Å². The summed E-state index contributed by atoms with van der Waals surface area (Å²) >= 11 is 0. The summed E-state index contributed by atoms with van der Waals surface area (Å²) in [7, 11) is 0. The van der Waals surface area contributed by atoms with E-state index < -0.39 is 0 Å². The zero-order valence-electron chi connectivity index (χ0n) is 10.9. The molecule has 1 aliphatic heterocycles. The van der Waals surface area contributed by atoms with Crippen LogP contribution in [0, 0.1) is 0 Å². The van der Waals surface area contributed by atoms with Crippen LogP contribution < -0.4 is 4.90 Å². The largest absolute Gasteiger partial charge is 0.357 e. The fraction of sp³-hybridized carbons (Fsp3) is 0.250. The van der Waals surface area contributed by atoms with Crippen LogP contribution in [-0.4, -0.2) is 17.3 Å². The van der Waals surface area contributed by atoms with Gasteiger partial charge in [0.1, 0.15) is 6.04 Å². The van der Waals surface area contributed by atoms with Crippen LogP contribution in [0.4, 0.5) is 5.69 Å². The van der Waals surface area contributed by atoms with Crippen molar-refractivity contribution in [1.82, 2.24) is 4.98 Å². The molecule has 0 saturated heterocycles. The molecule has 0 N–H and O–H groups in total. The molecule has 0 bridgehead atoms. The normalized spacial score (nSPS) is 15.1. The highest BCUT2D eigenvalue weighted by Gasteiger charge is 2.29. The first-order valence-electron chi connectivity index (χ1n) is 6.52. The second-order valence-electron chi connectivity index (χ2n) is 4.87. The Hall–Kier alpha value is -2.16. The molecule has 0 spiro atoms. The molecule has 0 saturated carbocycles. The van der Waals surface area contributed by atoms with Crippen molar-refractivity contribution in [2.24, 2.45) is 0 Å². The number of ketones is 1. The van der Waals surface area contributed by atoms with Crippen molar-refractivity contribution in [3.63, 3.8) is 0 Å². The molecule has 1 aliphatic rings. The number of anilines is 1. The molecular weight excluding hydrogens is 236 g/mol. The molecule has 3 heteroatoms. The van der Waals surface area contributed by atoms with E-state index in [2.05, 4.69) is 28.1 Å². The third-order valence-corrected chi connectivity index (χ3v) is 3.62. The summed E-state index contributed by atoms with van der Waals surface area (Å²) in [5.74, 6) is 0.157. The number of nitrogens with zero attached hydrogens (tertiary/aromatic N) is 2. The van der Waals surface area contributed by atoms with E-state index in [1.54, 1.807) is 19.3 Å². The molecule has 0 fully saturated rings. The minimum absolute atomic E-state index is 0.157. The van der Waals surface area contributed by atoms with Crippen molar-refractivity contribution in [3.8, 4) is 0 Å². The van der Waals surface area contributed by atoms with E-state index in [1.165, 1.54) is 11.3 Å². The Morgan fingerprint density at radius 3 is 2.84 bits per heavy atom. The van der Waals surface area contributed by atoms with Gasteiger partial charge >= 0.3 is 0 Å². The minimum Gasteiger partial charge on any atom is -0.357 e. The van der Waals surface area contributed by atoms with E-state index in [1.807, 2.05) is 18.2 Å². The highest BCUT2D eigenvalue weighted by Crippen LogP contribution is 2.35. The average molecular weight is 252 g/mol. The standard InChI is InChI=1S/C16H16N2O/c1-12(19)16(14-6-4-9-17-11-14)18-10-8-13-5-2-3-7-15(13)18/h2-7,9,11,16H,8,10H2,1H3. The van der Waals surface area contributed by atoms with Crippen LogP contribution >= 0.6 is 0 Å². The van der Waals surface area contributed by atoms with Crippen molar-refractivity contribution in [2.75, 3.05) is 11.4 Å². The van der Waals surface area contributed by atoms with E-state index in [4.69, 9.17) is 0 Å².